The molecule has 2 rings (SSSR count). The summed E-state index contributed by atoms with van der Waals surface area (Å²) in [6, 6.07) is 5.57. The highest BCUT2D eigenvalue weighted by Gasteiger charge is 2.06. The van der Waals surface area contributed by atoms with E-state index in [1.807, 2.05) is 30.5 Å². The standard InChI is InChI=1S/C12H13ClN2OS/c1-8(14)9-2-3-12(11(13)4-9)16-5-10-6-17-7-15-10/h2-4,6-8H,5,14H2,1H3/t8-/m1/s1. The molecule has 0 aliphatic carbocycles. The molecule has 0 radical (unpaired) electrons. The zero-order chi connectivity index (χ0) is 12.3. The molecule has 1 aromatic heterocycles. The van der Waals surface area contributed by atoms with Gasteiger partial charge in [-0.15, -0.1) is 11.3 Å². The Bertz CT molecular complexity index is 485. The zero-order valence-corrected chi connectivity index (χ0v) is 11.0. The molecule has 0 aliphatic rings. The lowest BCUT2D eigenvalue weighted by molar-refractivity contribution is 0.302. The van der Waals surface area contributed by atoms with Gasteiger partial charge < -0.3 is 10.5 Å². The number of hydrogen-bond acceptors (Lipinski definition) is 4. The van der Waals surface area contributed by atoms with E-state index in [0.29, 0.717) is 17.4 Å². The minimum Gasteiger partial charge on any atom is -0.486 e. The highest BCUT2D eigenvalue weighted by Crippen LogP contribution is 2.27. The Labute approximate surface area is 109 Å². The third-order valence-electron chi connectivity index (χ3n) is 2.34. The summed E-state index contributed by atoms with van der Waals surface area (Å²) in [7, 11) is 0. The first-order chi connectivity index (χ1) is 8.16. The highest BCUT2D eigenvalue weighted by molar-refractivity contribution is 7.07. The van der Waals surface area contributed by atoms with E-state index in [0.717, 1.165) is 11.3 Å². The van der Waals surface area contributed by atoms with Crippen molar-refractivity contribution in [1.82, 2.24) is 4.98 Å². The van der Waals surface area contributed by atoms with Crippen molar-refractivity contribution in [3.8, 4) is 5.75 Å². The Hall–Kier alpha value is -1.10. The molecule has 0 amide bonds. The van der Waals surface area contributed by atoms with Crippen LogP contribution < -0.4 is 10.5 Å². The van der Waals surface area contributed by atoms with Gasteiger partial charge in [0.05, 0.1) is 16.2 Å². The maximum atomic E-state index is 6.12. The number of nitrogens with two attached hydrogens (primary N) is 1. The van der Waals surface area contributed by atoms with Gasteiger partial charge in [-0.25, -0.2) is 4.98 Å². The Kier molecular flexibility index (Phi) is 3.99. The van der Waals surface area contributed by atoms with Crippen LogP contribution in [0.2, 0.25) is 5.02 Å². The van der Waals surface area contributed by atoms with Gasteiger partial charge >= 0.3 is 0 Å². The Morgan fingerprint density at radius 2 is 2.35 bits per heavy atom. The Morgan fingerprint density at radius 3 is 2.94 bits per heavy atom. The number of ether oxygens (including phenoxy) is 1. The third-order valence-corrected chi connectivity index (χ3v) is 3.27. The van der Waals surface area contributed by atoms with E-state index in [9.17, 15) is 0 Å². The van der Waals surface area contributed by atoms with E-state index in [1.54, 1.807) is 16.8 Å². The lowest BCUT2D eigenvalue weighted by Crippen LogP contribution is -2.05. The van der Waals surface area contributed by atoms with Crippen LogP contribution in [0.1, 0.15) is 24.2 Å². The van der Waals surface area contributed by atoms with Crippen LogP contribution in [-0.4, -0.2) is 4.98 Å². The van der Waals surface area contributed by atoms with Crippen molar-refractivity contribution in [3.63, 3.8) is 0 Å². The quantitative estimate of drug-likeness (QED) is 0.925. The summed E-state index contributed by atoms with van der Waals surface area (Å²) < 4.78 is 5.59. The Morgan fingerprint density at radius 1 is 1.53 bits per heavy atom. The number of nitrogens with zero attached hydrogens (tertiary/aromatic N) is 1. The van der Waals surface area contributed by atoms with Crippen molar-refractivity contribution in [1.29, 1.82) is 0 Å². The van der Waals surface area contributed by atoms with Crippen molar-refractivity contribution in [3.05, 3.63) is 45.4 Å². The minimum atomic E-state index is -0.0277. The summed E-state index contributed by atoms with van der Waals surface area (Å²) in [6.07, 6.45) is 0. The van der Waals surface area contributed by atoms with Gasteiger partial charge in [0.2, 0.25) is 0 Å². The molecule has 2 N–H and O–H groups in total. The van der Waals surface area contributed by atoms with Crippen LogP contribution in [0.4, 0.5) is 0 Å². The predicted molar refractivity (Wildman–Crippen MR) is 70.5 cm³/mol. The first-order valence-corrected chi connectivity index (χ1v) is 6.54. The molecule has 0 aliphatic heterocycles. The van der Waals surface area contributed by atoms with Crippen molar-refractivity contribution < 1.29 is 4.74 Å². The zero-order valence-electron chi connectivity index (χ0n) is 9.39. The first-order valence-electron chi connectivity index (χ1n) is 5.21. The molecule has 0 saturated carbocycles. The van der Waals surface area contributed by atoms with Gasteiger partial charge in [0.25, 0.3) is 0 Å². The van der Waals surface area contributed by atoms with Crippen LogP contribution >= 0.6 is 22.9 Å². The van der Waals surface area contributed by atoms with Crippen molar-refractivity contribution in [2.45, 2.75) is 19.6 Å². The average Bonchev–Trinajstić information content (AvgIpc) is 2.80. The SMILES string of the molecule is C[C@@H](N)c1ccc(OCc2cscn2)c(Cl)c1. The van der Waals surface area contributed by atoms with Gasteiger partial charge in [0.15, 0.2) is 0 Å². The molecular weight excluding hydrogens is 256 g/mol. The number of benzene rings is 1. The molecule has 2 aromatic rings. The number of thiazole rings is 1. The number of halogens is 1. The molecule has 1 aromatic carbocycles. The molecule has 0 unspecified atom stereocenters. The topological polar surface area (TPSA) is 48.1 Å². The highest BCUT2D eigenvalue weighted by atomic mass is 35.5. The van der Waals surface area contributed by atoms with Crippen molar-refractivity contribution in [2.75, 3.05) is 0 Å². The average molecular weight is 269 g/mol. The van der Waals surface area contributed by atoms with Gasteiger partial charge in [-0.05, 0) is 24.6 Å². The number of rotatable bonds is 4. The normalized spacial score (nSPS) is 12.4. The van der Waals surface area contributed by atoms with Gasteiger partial charge in [0.1, 0.15) is 12.4 Å². The molecule has 17 heavy (non-hydrogen) atoms. The molecule has 90 valence electrons. The lowest BCUT2D eigenvalue weighted by atomic mass is 10.1. The van der Waals surface area contributed by atoms with E-state index in [2.05, 4.69) is 4.98 Å². The van der Waals surface area contributed by atoms with E-state index in [1.165, 1.54) is 0 Å². The van der Waals surface area contributed by atoms with E-state index >= 15 is 0 Å². The summed E-state index contributed by atoms with van der Waals surface area (Å²) >= 11 is 7.66. The lowest BCUT2D eigenvalue weighted by Gasteiger charge is -2.10. The molecule has 0 bridgehead atoms. The van der Waals surface area contributed by atoms with Gasteiger partial charge in [-0.3, -0.25) is 0 Å². The minimum absolute atomic E-state index is 0.0277. The van der Waals surface area contributed by atoms with Crippen LogP contribution in [0.15, 0.2) is 29.1 Å². The van der Waals surface area contributed by atoms with Gasteiger partial charge in [-0.1, -0.05) is 17.7 Å². The van der Waals surface area contributed by atoms with Crippen molar-refractivity contribution >= 4 is 22.9 Å². The smallest absolute Gasteiger partial charge is 0.138 e. The monoisotopic (exact) mass is 268 g/mol. The molecular formula is C12H13ClN2OS. The summed E-state index contributed by atoms with van der Waals surface area (Å²) in [5.74, 6) is 0.657. The third kappa shape index (κ3) is 3.19. The summed E-state index contributed by atoms with van der Waals surface area (Å²) in [5.41, 5.74) is 9.45. The van der Waals surface area contributed by atoms with Crippen LogP contribution in [0.3, 0.4) is 0 Å². The van der Waals surface area contributed by atoms with E-state index < -0.39 is 0 Å². The van der Waals surface area contributed by atoms with Crippen LogP contribution in [0.25, 0.3) is 0 Å². The molecule has 0 saturated heterocycles. The fraction of sp³-hybridized carbons (Fsp3) is 0.250. The maximum Gasteiger partial charge on any atom is 0.138 e. The fourth-order valence-corrected chi connectivity index (χ4v) is 2.16. The second kappa shape index (κ2) is 5.49. The molecule has 0 fully saturated rings. The fourth-order valence-electron chi connectivity index (χ4n) is 1.38. The molecule has 5 heteroatoms. The van der Waals surface area contributed by atoms with E-state index in [-0.39, 0.29) is 6.04 Å². The number of hydrogen-bond donors (Lipinski definition) is 1. The molecule has 0 spiro atoms. The molecule has 1 atom stereocenters. The first kappa shape index (κ1) is 12.4. The van der Waals surface area contributed by atoms with Crippen LogP contribution in [0, 0.1) is 0 Å². The number of aromatic nitrogens is 1. The predicted octanol–water partition coefficient (Wildman–Crippen LogP) is 3.40. The molecule has 1 heterocycles. The maximum absolute atomic E-state index is 6.12. The van der Waals surface area contributed by atoms with Crippen molar-refractivity contribution in [2.24, 2.45) is 5.73 Å². The largest absolute Gasteiger partial charge is 0.486 e. The Balaban J connectivity index is 2.06. The summed E-state index contributed by atoms with van der Waals surface area (Å²) in [6.45, 7) is 2.35. The van der Waals surface area contributed by atoms with Crippen LogP contribution in [-0.2, 0) is 6.61 Å². The van der Waals surface area contributed by atoms with E-state index in [4.69, 9.17) is 22.1 Å². The van der Waals surface area contributed by atoms with Gasteiger partial charge in [-0.2, -0.15) is 0 Å². The summed E-state index contributed by atoms with van der Waals surface area (Å²) in [5, 5.41) is 2.53. The second-order valence-corrected chi connectivity index (χ2v) is 4.87. The second-order valence-electron chi connectivity index (χ2n) is 3.75. The van der Waals surface area contributed by atoms with Gasteiger partial charge in [0, 0.05) is 11.4 Å². The summed E-state index contributed by atoms with van der Waals surface area (Å²) in [4.78, 5) is 4.14. The van der Waals surface area contributed by atoms with Crippen LogP contribution in [0.5, 0.6) is 5.75 Å². The molecule has 3 nitrogen and oxygen atoms in total.